The number of rotatable bonds is 0. The topological polar surface area (TPSA) is 26.8 Å². The molecule has 0 saturated carbocycles. The molecular formula is C9H17N3O. The first-order chi connectivity index (χ1) is 6.27. The largest absolute Gasteiger partial charge is 0.325 e. The predicted molar refractivity (Wildman–Crippen MR) is 50.7 cm³/mol. The van der Waals surface area contributed by atoms with Gasteiger partial charge in [0.25, 0.3) is 0 Å². The zero-order valence-electron chi connectivity index (χ0n) is 8.20. The normalized spacial score (nSPS) is 24.4. The summed E-state index contributed by atoms with van der Waals surface area (Å²) >= 11 is 0. The van der Waals surface area contributed by atoms with E-state index in [1.807, 2.05) is 9.80 Å². The van der Waals surface area contributed by atoms with Gasteiger partial charge in [-0.25, -0.2) is 4.79 Å². The summed E-state index contributed by atoms with van der Waals surface area (Å²) in [7, 11) is 2.10. The van der Waals surface area contributed by atoms with Gasteiger partial charge in [-0.2, -0.15) is 0 Å². The van der Waals surface area contributed by atoms with Crippen molar-refractivity contribution in [3.8, 4) is 0 Å². The van der Waals surface area contributed by atoms with E-state index in [0.717, 1.165) is 39.3 Å². The highest BCUT2D eigenvalue weighted by molar-refractivity contribution is 5.75. The second-order valence-electron chi connectivity index (χ2n) is 3.91. The molecule has 0 aromatic rings. The Hall–Kier alpha value is -0.770. The number of piperazine rings is 1. The van der Waals surface area contributed by atoms with Crippen LogP contribution >= 0.6 is 0 Å². The number of likely N-dealkylation sites (tertiary alicyclic amines) is 1. The molecule has 0 spiro atoms. The Balaban J connectivity index is 1.83. The Morgan fingerprint density at radius 1 is 0.923 bits per heavy atom. The number of hydrogen-bond donors (Lipinski definition) is 0. The molecule has 13 heavy (non-hydrogen) atoms. The second-order valence-corrected chi connectivity index (χ2v) is 3.91. The predicted octanol–water partition coefficient (Wildman–Crippen LogP) is 0.0595. The van der Waals surface area contributed by atoms with Crippen molar-refractivity contribution in [1.29, 1.82) is 0 Å². The lowest BCUT2D eigenvalue weighted by Crippen LogP contribution is -2.55. The summed E-state index contributed by atoms with van der Waals surface area (Å²) in [4.78, 5) is 17.9. The average Bonchev–Trinajstić information content (AvgIpc) is 2.02. The number of carbonyl (C=O) groups excluding carboxylic acids is 1. The van der Waals surface area contributed by atoms with E-state index in [9.17, 15) is 4.79 Å². The number of nitrogens with zero attached hydrogens (tertiary/aromatic N) is 3. The molecule has 2 amide bonds. The smallest absolute Gasteiger partial charge is 0.320 e. The van der Waals surface area contributed by atoms with Crippen LogP contribution in [0.2, 0.25) is 0 Å². The van der Waals surface area contributed by atoms with Crippen LogP contribution in [0.4, 0.5) is 4.79 Å². The maximum absolute atomic E-state index is 11.7. The summed E-state index contributed by atoms with van der Waals surface area (Å²) in [5.41, 5.74) is 0. The van der Waals surface area contributed by atoms with E-state index in [0.29, 0.717) is 0 Å². The minimum atomic E-state index is 0.249. The van der Waals surface area contributed by atoms with Crippen molar-refractivity contribution in [3.05, 3.63) is 0 Å². The molecule has 0 aromatic carbocycles. The zero-order valence-corrected chi connectivity index (χ0v) is 8.20. The van der Waals surface area contributed by atoms with Crippen molar-refractivity contribution in [2.75, 3.05) is 46.3 Å². The van der Waals surface area contributed by atoms with Gasteiger partial charge in [-0.05, 0) is 13.5 Å². The van der Waals surface area contributed by atoms with Gasteiger partial charge in [-0.3, -0.25) is 0 Å². The van der Waals surface area contributed by atoms with Crippen molar-refractivity contribution in [3.63, 3.8) is 0 Å². The monoisotopic (exact) mass is 183 g/mol. The van der Waals surface area contributed by atoms with Crippen LogP contribution in [0.5, 0.6) is 0 Å². The van der Waals surface area contributed by atoms with Gasteiger partial charge < -0.3 is 14.7 Å². The highest BCUT2D eigenvalue weighted by Crippen LogP contribution is 2.11. The SMILES string of the molecule is CN1CCN(C(=O)N2CCC2)CC1. The molecule has 2 heterocycles. The highest BCUT2D eigenvalue weighted by Gasteiger charge is 2.27. The number of urea groups is 1. The third-order valence-corrected chi connectivity index (χ3v) is 2.90. The fraction of sp³-hybridized carbons (Fsp3) is 0.889. The molecule has 0 aromatic heterocycles. The lowest BCUT2D eigenvalue weighted by molar-refractivity contribution is 0.103. The summed E-state index contributed by atoms with van der Waals surface area (Å²) in [6.45, 7) is 5.74. The summed E-state index contributed by atoms with van der Waals surface area (Å²) in [5, 5.41) is 0. The molecule has 0 aliphatic carbocycles. The van der Waals surface area contributed by atoms with Gasteiger partial charge in [0.15, 0.2) is 0 Å². The molecular weight excluding hydrogens is 166 g/mol. The molecule has 0 unspecified atom stereocenters. The van der Waals surface area contributed by atoms with Crippen LogP contribution in [0.1, 0.15) is 6.42 Å². The van der Waals surface area contributed by atoms with E-state index < -0.39 is 0 Å². The molecule has 0 N–H and O–H groups in total. The summed E-state index contributed by atoms with van der Waals surface area (Å²) in [6, 6.07) is 0.249. The maximum Gasteiger partial charge on any atom is 0.320 e. The van der Waals surface area contributed by atoms with Gasteiger partial charge in [0.05, 0.1) is 0 Å². The minimum absolute atomic E-state index is 0.249. The average molecular weight is 183 g/mol. The molecule has 2 saturated heterocycles. The van der Waals surface area contributed by atoms with Crippen LogP contribution in [0.25, 0.3) is 0 Å². The van der Waals surface area contributed by atoms with Gasteiger partial charge in [0, 0.05) is 39.3 Å². The van der Waals surface area contributed by atoms with Crippen molar-refractivity contribution in [2.24, 2.45) is 0 Å². The standard InChI is InChI=1S/C9H17N3O/c1-10-5-7-12(8-6-10)9(13)11-3-2-4-11/h2-8H2,1H3. The molecule has 2 aliphatic heterocycles. The third-order valence-electron chi connectivity index (χ3n) is 2.90. The summed E-state index contributed by atoms with van der Waals surface area (Å²) in [5.74, 6) is 0. The lowest BCUT2D eigenvalue weighted by atomic mass is 10.2. The fourth-order valence-corrected chi connectivity index (χ4v) is 1.71. The van der Waals surface area contributed by atoms with Gasteiger partial charge in [-0.1, -0.05) is 0 Å². The first-order valence-electron chi connectivity index (χ1n) is 5.00. The molecule has 0 bridgehead atoms. The number of carbonyl (C=O) groups is 1. The molecule has 2 rings (SSSR count). The Morgan fingerprint density at radius 2 is 1.46 bits per heavy atom. The molecule has 74 valence electrons. The molecule has 4 nitrogen and oxygen atoms in total. The van der Waals surface area contributed by atoms with Crippen LogP contribution in [-0.2, 0) is 0 Å². The number of hydrogen-bond acceptors (Lipinski definition) is 2. The maximum atomic E-state index is 11.7. The summed E-state index contributed by atoms with van der Waals surface area (Å²) < 4.78 is 0. The van der Waals surface area contributed by atoms with Crippen molar-refractivity contribution in [1.82, 2.24) is 14.7 Å². The number of likely N-dealkylation sites (N-methyl/N-ethyl adjacent to an activating group) is 1. The van der Waals surface area contributed by atoms with Gasteiger partial charge in [0.1, 0.15) is 0 Å². The minimum Gasteiger partial charge on any atom is -0.325 e. The third kappa shape index (κ3) is 1.77. The van der Waals surface area contributed by atoms with Crippen LogP contribution in [0.3, 0.4) is 0 Å². The first kappa shape index (κ1) is 8.81. The Morgan fingerprint density at radius 3 is 1.92 bits per heavy atom. The van der Waals surface area contributed by atoms with Gasteiger partial charge in [0.2, 0.25) is 0 Å². The van der Waals surface area contributed by atoms with E-state index in [1.165, 1.54) is 6.42 Å². The van der Waals surface area contributed by atoms with Gasteiger partial charge in [-0.15, -0.1) is 0 Å². The van der Waals surface area contributed by atoms with E-state index in [1.54, 1.807) is 0 Å². The number of amides is 2. The highest BCUT2D eigenvalue weighted by atomic mass is 16.2. The molecule has 0 radical (unpaired) electrons. The molecule has 2 aliphatic rings. The molecule has 0 atom stereocenters. The Bertz CT molecular complexity index is 195. The molecule has 4 heteroatoms. The Kier molecular flexibility index (Phi) is 2.40. The zero-order chi connectivity index (χ0) is 9.26. The van der Waals surface area contributed by atoms with E-state index in [-0.39, 0.29) is 6.03 Å². The lowest BCUT2D eigenvalue weighted by Gasteiger charge is -2.39. The van der Waals surface area contributed by atoms with Gasteiger partial charge >= 0.3 is 6.03 Å². The van der Waals surface area contributed by atoms with Crippen LogP contribution < -0.4 is 0 Å². The van der Waals surface area contributed by atoms with Crippen LogP contribution in [0.15, 0.2) is 0 Å². The van der Waals surface area contributed by atoms with E-state index >= 15 is 0 Å². The van der Waals surface area contributed by atoms with Crippen molar-refractivity contribution in [2.45, 2.75) is 6.42 Å². The van der Waals surface area contributed by atoms with Crippen LogP contribution in [0, 0.1) is 0 Å². The Labute approximate surface area is 79.1 Å². The van der Waals surface area contributed by atoms with Crippen molar-refractivity contribution >= 4 is 6.03 Å². The van der Waals surface area contributed by atoms with E-state index in [4.69, 9.17) is 0 Å². The van der Waals surface area contributed by atoms with Crippen LogP contribution in [-0.4, -0.2) is 67.0 Å². The van der Waals surface area contributed by atoms with E-state index in [2.05, 4.69) is 11.9 Å². The van der Waals surface area contributed by atoms with Crippen molar-refractivity contribution < 1.29 is 4.79 Å². The fourth-order valence-electron chi connectivity index (χ4n) is 1.71. The second kappa shape index (κ2) is 3.54. The molecule has 2 fully saturated rings. The quantitative estimate of drug-likeness (QED) is 0.531. The summed E-state index contributed by atoms with van der Waals surface area (Å²) in [6.07, 6.45) is 1.18. The first-order valence-corrected chi connectivity index (χ1v) is 5.00.